The molecule has 0 saturated carbocycles. The number of hydrogen-bond donors (Lipinski definition) is 0. The molecule has 2 atom stereocenters. The first-order valence-corrected chi connectivity index (χ1v) is 9.31. The predicted molar refractivity (Wildman–Crippen MR) is 89.6 cm³/mol. The third-order valence-corrected chi connectivity index (χ3v) is 4.80. The Balaban J connectivity index is 4.10. The van der Waals surface area contributed by atoms with E-state index in [1.54, 1.807) is 0 Å². The molecule has 0 fully saturated rings. The molecule has 0 aromatic heterocycles. The molecule has 0 N–H and O–H groups in total. The van der Waals surface area contributed by atoms with Gasteiger partial charge in [0.2, 0.25) is 0 Å². The number of hydrogen-bond acceptors (Lipinski definition) is 0. The first-order valence-electron chi connectivity index (χ1n) is 9.31. The van der Waals surface area contributed by atoms with Gasteiger partial charge in [-0.3, -0.25) is 0 Å². The minimum absolute atomic E-state index is 0.352. The van der Waals surface area contributed by atoms with Crippen molar-refractivity contribution in [1.82, 2.24) is 0 Å². The van der Waals surface area contributed by atoms with E-state index in [0.717, 1.165) is 38.5 Å². The fourth-order valence-corrected chi connectivity index (χ4v) is 3.07. The van der Waals surface area contributed by atoms with Crippen LogP contribution in [0.15, 0.2) is 0 Å². The lowest BCUT2D eigenvalue weighted by molar-refractivity contribution is -0.0911. The zero-order valence-corrected chi connectivity index (χ0v) is 14.7. The van der Waals surface area contributed by atoms with E-state index in [-0.39, 0.29) is 0 Å². The second kappa shape index (κ2) is 12.7. The van der Waals surface area contributed by atoms with E-state index in [2.05, 4.69) is 27.7 Å². The van der Waals surface area contributed by atoms with Crippen molar-refractivity contribution in [2.75, 3.05) is 0 Å². The minimum Gasteiger partial charge on any atom is -0.229 e. The summed E-state index contributed by atoms with van der Waals surface area (Å²) in [5, 5.41) is 13.2. The van der Waals surface area contributed by atoms with Crippen LogP contribution in [0.4, 0.5) is 0 Å². The summed E-state index contributed by atoms with van der Waals surface area (Å²) < 4.78 is 0. The average Bonchev–Trinajstić information content (AvgIpc) is 2.46. The third-order valence-electron chi connectivity index (χ3n) is 4.80. The second-order valence-electron chi connectivity index (χ2n) is 6.73. The standard InChI is InChI=1S/C19H39O/c1-5-8-11-12-13-14-17-19(20,16-10-7-3)18(4)15-9-6-2/h18H,5-17H2,1-4H3. The highest BCUT2D eigenvalue weighted by molar-refractivity contribution is 4.83. The first-order chi connectivity index (χ1) is 9.60. The van der Waals surface area contributed by atoms with E-state index in [1.807, 2.05) is 0 Å². The molecule has 0 saturated heterocycles. The topological polar surface area (TPSA) is 19.9 Å². The molecule has 0 heterocycles. The smallest absolute Gasteiger partial charge is 0.106 e. The Morgan fingerprint density at radius 2 is 1.20 bits per heavy atom. The molecule has 0 spiro atoms. The Bertz CT molecular complexity index is 202. The van der Waals surface area contributed by atoms with E-state index < -0.39 is 5.60 Å². The van der Waals surface area contributed by atoms with Crippen molar-refractivity contribution >= 4 is 0 Å². The van der Waals surface area contributed by atoms with Crippen LogP contribution in [0.5, 0.6) is 0 Å². The SMILES string of the molecule is CCCCCCCCC([O])(CCCC)C(C)CCCC. The summed E-state index contributed by atoms with van der Waals surface area (Å²) in [7, 11) is 0. The Hall–Kier alpha value is -0.0400. The highest BCUT2D eigenvalue weighted by atomic mass is 16.3. The average molecular weight is 284 g/mol. The fourth-order valence-electron chi connectivity index (χ4n) is 3.07. The molecule has 1 radical (unpaired) electrons. The summed E-state index contributed by atoms with van der Waals surface area (Å²) in [6, 6.07) is 0. The van der Waals surface area contributed by atoms with Gasteiger partial charge in [0.15, 0.2) is 0 Å². The molecule has 1 heteroatoms. The van der Waals surface area contributed by atoms with Gasteiger partial charge in [-0.15, -0.1) is 0 Å². The molecule has 0 aliphatic rings. The zero-order valence-electron chi connectivity index (χ0n) is 14.7. The maximum atomic E-state index is 13.2. The van der Waals surface area contributed by atoms with Crippen LogP contribution < -0.4 is 0 Å². The van der Waals surface area contributed by atoms with Gasteiger partial charge < -0.3 is 0 Å². The monoisotopic (exact) mass is 283 g/mol. The van der Waals surface area contributed by atoms with Gasteiger partial charge in [0.25, 0.3) is 0 Å². The van der Waals surface area contributed by atoms with Gasteiger partial charge in [0.1, 0.15) is 5.60 Å². The fraction of sp³-hybridized carbons (Fsp3) is 1.00. The van der Waals surface area contributed by atoms with Crippen LogP contribution in [-0.4, -0.2) is 5.60 Å². The maximum absolute atomic E-state index is 13.2. The summed E-state index contributed by atoms with van der Waals surface area (Å²) in [6.07, 6.45) is 15.3. The van der Waals surface area contributed by atoms with E-state index in [0.29, 0.717) is 5.92 Å². The van der Waals surface area contributed by atoms with E-state index in [1.165, 1.54) is 44.9 Å². The Kier molecular flexibility index (Phi) is 12.7. The lowest BCUT2D eigenvalue weighted by atomic mass is 9.78. The van der Waals surface area contributed by atoms with E-state index in [4.69, 9.17) is 0 Å². The van der Waals surface area contributed by atoms with Crippen molar-refractivity contribution in [3.8, 4) is 0 Å². The highest BCUT2D eigenvalue weighted by Crippen LogP contribution is 2.33. The number of rotatable bonds is 14. The van der Waals surface area contributed by atoms with Crippen molar-refractivity contribution in [3.63, 3.8) is 0 Å². The van der Waals surface area contributed by atoms with Gasteiger partial charge in [-0.2, -0.15) is 0 Å². The minimum atomic E-state index is -0.643. The molecule has 0 aliphatic carbocycles. The largest absolute Gasteiger partial charge is 0.229 e. The Morgan fingerprint density at radius 3 is 1.80 bits per heavy atom. The van der Waals surface area contributed by atoms with Gasteiger partial charge in [-0.1, -0.05) is 91.9 Å². The maximum Gasteiger partial charge on any atom is 0.106 e. The summed E-state index contributed by atoms with van der Waals surface area (Å²) in [6.45, 7) is 8.87. The van der Waals surface area contributed by atoms with Crippen LogP contribution in [0, 0.1) is 5.92 Å². The molecule has 20 heavy (non-hydrogen) atoms. The second-order valence-corrected chi connectivity index (χ2v) is 6.73. The van der Waals surface area contributed by atoms with Crippen LogP contribution in [-0.2, 0) is 5.11 Å². The summed E-state index contributed by atoms with van der Waals surface area (Å²) in [5.41, 5.74) is -0.643. The molecule has 0 aromatic rings. The quantitative estimate of drug-likeness (QED) is 0.308. The molecular formula is C19H39O. The Morgan fingerprint density at radius 1 is 0.700 bits per heavy atom. The van der Waals surface area contributed by atoms with Crippen molar-refractivity contribution in [1.29, 1.82) is 0 Å². The summed E-state index contributed by atoms with van der Waals surface area (Å²) >= 11 is 0. The molecule has 0 aromatic carbocycles. The lowest BCUT2D eigenvalue weighted by Crippen LogP contribution is -2.35. The normalized spacial score (nSPS) is 16.1. The van der Waals surface area contributed by atoms with Crippen molar-refractivity contribution in [2.45, 2.75) is 117 Å². The first kappa shape index (κ1) is 20.0. The molecular weight excluding hydrogens is 244 g/mol. The third kappa shape index (κ3) is 9.00. The predicted octanol–water partition coefficient (Wildman–Crippen LogP) is 6.92. The van der Waals surface area contributed by atoms with Gasteiger partial charge in [-0.05, 0) is 25.2 Å². The zero-order chi connectivity index (χ0) is 15.3. The van der Waals surface area contributed by atoms with Gasteiger partial charge >= 0.3 is 0 Å². The van der Waals surface area contributed by atoms with E-state index >= 15 is 0 Å². The van der Waals surface area contributed by atoms with Crippen molar-refractivity contribution in [2.24, 2.45) is 5.92 Å². The highest BCUT2D eigenvalue weighted by Gasteiger charge is 2.34. The molecule has 0 aliphatic heterocycles. The van der Waals surface area contributed by atoms with Crippen LogP contribution in [0.1, 0.15) is 111 Å². The van der Waals surface area contributed by atoms with Gasteiger partial charge in [0, 0.05) is 0 Å². The van der Waals surface area contributed by atoms with Crippen LogP contribution in [0.2, 0.25) is 0 Å². The molecule has 121 valence electrons. The van der Waals surface area contributed by atoms with Crippen LogP contribution in [0.25, 0.3) is 0 Å². The van der Waals surface area contributed by atoms with Crippen molar-refractivity contribution in [3.05, 3.63) is 0 Å². The molecule has 2 unspecified atom stereocenters. The molecule has 0 amide bonds. The van der Waals surface area contributed by atoms with Crippen molar-refractivity contribution < 1.29 is 5.11 Å². The van der Waals surface area contributed by atoms with Crippen LogP contribution in [0.3, 0.4) is 0 Å². The molecule has 0 bridgehead atoms. The summed E-state index contributed by atoms with van der Waals surface area (Å²) in [4.78, 5) is 0. The number of unbranched alkanes of at least 4 members (excludes halogenated alkanes) is 7. The van der Waals surface area contributed by atoms with Crippen LogP contribution >= 0.6 is 0 Å². The Labute approximate surface area is 128 Å². The van der Waals surface area contributed by atoms with Gasteiger partial charge in [-0.25, -0.2) is 5.11 Å². The van der Waals surface area contributed by atoms with E-state index in [9.17, 15) is 5.11 Å². The molecule has 1 nitrogen and oxygen atoms in total. The molecule has 0 rings (SSSR count). The summed E-state index contributed by atoms with van der Waals surface area (Å²) in [5.74, 6) is 0.352. The lowest BCUT2D eigenvalue weighted by Gasteiger charge is -2.32. The van der Waals surface area contributed by atoms with Gasteiger partial charge in [0.05, 0.1) is 0 Å².